The van der Waals surface area contributed by atoms with Crippen LogP contribution >= 0.6 is 0 Å². The molecule has 3 rings (SSSR count). The smallest absolute Gasteiger partial charge is 0.227 e. The minimum absolute atomic E-state index is 0.0452. The second kappa shape index (κ2) is 11.0. The Hall–Kier alpha value is -3.06. The average molecular weight is 440 g/mol. The molecule has 7 nitrogen and oxygen atoms in total. The molecule has 172 valence electrons. The summed E-state index contributed by atoms with van der Waals surface area (Å²) in [5.41, 5.74) is 2.20. The van der Waals surface area contributed by atoms with Crippen molar-refractivity contribution < 1.29 is 19.1 Å². The maximum Gasteiger partial charge on any atom is 0.227 e. The molecule has 0 spiro atoms. The highest BCUT2D eigenvalue weighted by Gasteiger charge is 2.38. The first kappa shape index (κ1) is 23.6. The molecular formula is C25H33N3O4. The van der Waals surface area contributed by atoms with Gasteiger partial charge in [0.1, 0.15) is 18.1 Å². The summed E-state index contributed by atoms with van der Waals surface area (Å²) < 4.78 is 10.9. The second-order valence-electron chi connectivity index (χ2n) is 8.37. The van der Waals surface area contributed by atoms with Crippen molar-refractivity contribution in [3.05, 3.63) is 59.7 Å². The van der Waals surface area contributed by atoms with Gasteiger partial charge in [0, 0.05) is 39.5 Å². The van der Waals surface area contributed by atoms with Crippen molar-refractivity contribution >= 4 is 11.8 Å². The summed E-state index contributed by atoms with van der Waals surface area (Å²) >= 11 is 0. The van der Waals surface area contributed by atoms with E-state index in [0.717, 1.165) is 35.7 Å². The van der Waals surface area contributed by atoms with Crippen molar-refractivity contribution in [1.82, 2.24) is 15.1 Å². The van der Waals surface area contributed by atoms with Gasteiger partial charge in [0.25, 0.3) is 0 Å². The molecule has 1 N–H and O–H groups in total. The first-order valence-electron chi connectivity index (χ1n) is 10.9. The molecule has 0 unspecified atom stereocenters. The fraction of sp³-hybridized carbons (Fsp3) is 0.440. The average Bonchev–Trinajstić information content (AvgIpc) is 3.19. The summed E-state index contributed by atoms with van der Waals surface area (Å²) in [5, 5.41) is 2.81. The van der Waals surface area contributed by atoms with Crippen LogP contribution in [-0.2, 0) is 16.1 Å². The first-order valence-corrected chi connectivity index (χ1v) is 10.9. The Labute approximate surface area is 190 Å². The number of carbonyl (C=O) groups is 2. The van der Waals surface area contributed by atoms with Crippen LogP contribution in [0.3, 0.4) is 0 Å². The number of nitrogens with zero attached hydrogens (tertiary/aromatic N) is 2. The second-order valence-corrected chi connectivity index (χ2v) is 8.37. The number of benzene rings is 2. The topological polar surface area (TPSA) is 71.1 Å². The Kier molecular flexibility index (Phi) is 8.11. The van der Waals surface area contributed by atoms with E-state index in [1.165, 1.54) is 6.92 Å². The SMILES string of the molecule is COc1ccc(OCCN(C)C(=O)[C@H]2CN(C)C[C@@H]2c2ccc(CNC(C)=O)cc2)cc1. The number of hydrogen-bond donors (Lipinski definition) is 1. The molecule has 2 atom stereocenters. The van der Waals surface area contributed by atoms with Crippen LogP contribution in [0.4, 0.5) is 0 Å². The van der Waals surface area contributed by atoms with Crippen LogP contribution in [0.15, 0.2) is 48.5 Å². The van der Waals surface area contributed by atoms with E-state index in [9.17, 15) is 9.59 Å². The van der Waals surface area contributed by atoms with Gasteiger partial charge in [-0.15, -0.1) is 0 Å². The number of rotatable bonds is 9. The van der Waals surface area contributed by atoms with E-state index < -0.39 is 0 Å². The highest BCUT2D eigenvalue weighted by Crippen LogP contribution is 2.33. The Morgan fingerprint density at radius 1 is 1.06 bits per heavy atom. The van der Waals surface area contributed by atoms with Gasteiger partial charge in [-0.25, -0.2) is 0 Å². The standard InChI is InChI=1S/C25H33N3O4/c1-18(29)26-15-19-5-7-20(8-6-19)23-16-27(2)17-24(23)25(30)28(3)13-14-32-22-11-9-21(31-4)10-12-22/h5-12,23-24H,13-17H2,1-4H3,(H,26,29)/t23-,24+/m1/s1. The minimum atomic E-state index is -0.0906. The summed E-state index contributed by atoms with van der Waals surface area (Å²) in [6.45, 7) is 4.56. The van der Waals surface area contributed by atoms with Crippen molar-refractivity contribution in [2.24, 2.45) is 5.92 Å². The largest absolute Gasteiger partial charge is 0.497 e. The summed E-state index contributed by atoms with van der Waals surface area (Å²) in [5.74, 6) is 1.68. The normalized spacial score (nSPS) is 18.2. The van der Waals surface area contributed by atoms with Crippen molar-refractivity contribution in [2.75, 3.05) is 47.4 Å². The summed E-state index contributed by atoms with van der Waals surface area (Å²) in [4.78, 5) is 28.3. The molecule has 2 aromatic rings. The maximum atomic E-state index is 13.2. The Bertz CT molecular complexity index is 898. The molecule has 0 aromatic heterocycles. The lowest BCUT2D eigenvalue weighted by Gasteiger charge is -2.25. The molecule has 2 aromatic carbocycles. The van der Waals surface area contributed by atoms with E-state index in [4.69, 9.17) is 9.47 Å². The molecule has 0 saturated carbocycles. The van der Waals surface area contributed by atoms with Crippen LogP contribution in [0, 0.1) is 5.92 Å². The third-order valence-electron chi connectivity index (χ3n) is 5.90. The number of ether oxygens (including phenoxy) is 2. The van der Waals surface area contributed by atoms with E-state index in [1.54, 1.807) is 12.0 Å². The van der Waals surface area contributed by atoms with Crippen LogP contribution in [0.1, 0.15) is 24.0 Å². The number of nitrogens with one attached hydrogen (secondary N) is 1. The number of carbonyl (C=O) groups excluding carboxylic acids is 2. The zero-order valence-corrected chi connectivity index (χ0v) is 19.3. The summed E-state index contributed by atoms with van der Waals surface area (Å²) in [6, 6.07) is 15.6. The molecule has 0 aliphatic carbocycles. The van der Waals surface area contributed by atoms with Crippen LogP contribution in [0.2, 0.25) is 0 Å². The molecule has 1 saturated heterocycles. The molecule has 1 fully saturated rings. The van der Waals surface area contributed by atoms with Gasteiger partial charge in [-0.1, -0.05) is 24.3 Å². The number of likely N-dealkylation sites (N-methyl/N-ethyl adjacent to an activating group) is 2. The lowest BCUT2D eigenvalue weighted by molar-refractivity contribution is -0.134. The van der Waals surface area contributed by atoms with Gasteiger partial charge < -0.3 is 24.6 Å². The third-order valence-corrected chi connectivity index (χ3v) is 5.90. The maximum absolute atomic E-state index is 13.2. The van der Waals surface area contributed by atoms with E-state index in [2.05, 4.69) is 29.4 Å². The Morgan fingerprint density at radius 2 is 1.72 bits per heavy atom. The van der Waals surface area contributed by atoms with Crippen molar-refractivity contribution in [3.63, 3.8) is 0 Å². The van der Waals surface area contributed by atoms with Crippen molar-refractivity contribution in [2.45, 2.75) is 19.4 Å². The number of likely N-dealkylation sites (tertiary alicyclic amines) is 1. The van der Waals surface area contributed by atoms with Gasteiger partial charge in [-0.05, 0) is 42.4 Å². The molecule has 0 bridgehead atoms. The van der Waals surface area contributed by atoms with Gasteiger partial charge in [-0.2, -0.15) is 0 Å². The predicted octanol–water partition coefficient (Wildman–Crippen LogP) is 2.51. The van der Waals surface area contributed by atoms with E-state index >= 15 is 0 Å². The van der Waals surface area contributed by atoms with E-state index in [0.29, 0.717) is 19.7 Å². The molecule has 1 aliphatic rings. The molecule has 0 radical (unpaired) electrons. The fourth-order valence-corrected chi connectivity index (χ4v) is 4.06. The zero-order chi connectivity index (χ0) is 23.1. The van der Waals surface area contributed by atoms with Crippen LogP contribution < -0.4 is 14.8 Å². The summed E-state index contributed by atoms with van der Waals surface area (Å²) in [7, 11) is 5.52. The molecule has 1 aliphatic heterocycles. The highest BCUT2D eigenvalue weighted by atomic mass is 16.5. The van der Waals surface area contributed by atoms with Crippen LogP contribution in [0.25, 0.3) is 0 Å². The molecule has 7 heteroatoms. The van der Waals surface area contributed by atoms with Gasteiger partial charge in [-0.3, -0.25) is 9.59 Å². The van der Waals surface area contributed by atoms with E-state index in [1.807, 2.05) is 43.4 Å². The Morgan fingerprint density at radius 3 is 2.34 bits per heavy atom. The van der Waals surface area contributed by atoms with Gasteiger partial charge >= 0.3 is 0 Å². The fourth-order valence-electron chi connectivity index (χ4n) is 4.06. The lowest BCUT2D eigenvalue weighted by atomic mass is 9.87. The third kappa shape index (κ3) is 6.23. The first-order chi connectivity index (χ1) is 15.4. The number of amides is 2. The number of methoxy groups -OCH3 is 1. The number of hydrogen-bond acceptors (Lipinski definition) is 5. The highest BCUT2D eigenvalue weighted by molar-refractivity contribution is 5.80. The monoisotopic (exact) mass is 439 g/mol. The Balaban J connectivity index is 1.56. The molecule has 2 amide bonds. The summed E-state index contributed by atoms with van der Waals surface area (Å²) in [6.07, 6.45) is 0. The van der Waals surface area contributed by atoms with Gasteiger partial charge in [0.2, 0.25) is 11.8 Å². The zero-order valence-electron chi connectivity index (χ0n) is 19.3. The van der Waals surface area contributed by atoms with Gasteiger partial charge in [0.15, 0.2) is 0 Å². The van der Waals surface area contributed by atoms with Crippen LogP contribution in [0.5, 0.6) is 11.5 Å². The minimum Gasteiger partial charge on any atom is -0.497 e. The van der Waals surface area contributed by atoms with Crippen molar-refractivity contribution in [1.29, 1.82) is 0 Å². The quantitative estimate of drug-likeness (QED) is 0.650. The predicted molar refractivity (Wildman–Crippen MR) is 124 cm³/mol. The van der Waals surface area contributed by atoms with Crippen molar-refractivity contribution in [3.8, 4) is 11.5 Å². The lowest BCUT2D eigenvalue weighted by Crippen LogP contribution is -2.38. The molecule has 32 heavy (non-hydrogen) atoms. The van der Waals surface area contributed by atoms with E-state index in [-0.39, 0.29) is 23.7 Å². The van der Waals surface area contributed by atoms with Gasteiger partial charge in [0.05, 0.1) is 19.6 Å². The molecular weight excluding hydrogens is 406 g/mol. The van der Waals surface area contributed by atoms with Crippen LogP contribution in [-0.4, -0.2) is 69.1 Å². The molecule has 1 heterocycles.